The summed E-state index contributed by atoms with van der Waals surface area (Å²) in [5, 5.41) is 8.32. The molecule has 1 amide bonds. The fraction of sp³-hybridized carbons (Fsp3) is 0.562. The summed E-state index contributed by atoms with van der Waals surface area (Å²) in [7, 11) is -2.05. The second-order valence-electron chi connectivity index (χ2n) is 6.82. The van der Waals surface area contributed by atoms with E-state index in [2.05, 4.69) is 14.9 Å². The summed E-state index contributed by atoms with van der Waals surface area (Å²) >= 11 is 0. The molecule has 1 aliphatic heterocycles. The number of hydrogen-bond acceptors (Lipinski definition) is 5. The number of carbonyl (C=O) groups is 1. The lowest BCUT2D eigenvalue weighted by Gasteiger charge is -2.32. The highest BCUT2D eigenvalue weighted by Crippen LogP contribution is 2.23. The van der Waals surface area contributed by atoms with E-state index in [-0.39, 0.29) is 16.8 Å². The number of sulfonamides is 1. The molecule has 26 heavy (non-hydrogen) atoms. The minimum absolute atomic E-state index is 0.0545. The molecule has 1 atom stereocenters. The number of aryl methyl sites for hydroxylation is 2. The van der Waals surface area contributed by atoms with Crippen molar-refractivity contribution >= 4 is 21.7 Å². The Morgan fingerprint density at radius 2 is 2.08 bits per heavy atom. The van der Waals surface area contributed by atoms with Gasteiger partial charge in [0.15, 0.2) is 0 Å². The van der Waals surface area contributed by atoms with Gasteiger partial charge in [0.1, 0.15) is 16.8 Å². The van der Waals surface area contributed by atoms with E-state index in [0.29, 0.717) is 25.2 Å². The SMILES string of the molecule is Cc1cc(N2CCC[C@H](NS(=O)(=O)c3cnn(C(C)C)c3)C2=O)n(C)n1. The van der Waals surface area contributed by atoms with Crippen LogP contribution in [0.25, 0.3) is 0 Å². The maximum atomic E-state index is 12.8. The third kappa shape index (κ3) is 3.51. The second kappa shape index (κ2) is 6.84. The predicted molar refractivity (Wildman–Crippen MR) is 96.3 cm³/mol. The molecule has 1 fully saturated rings. The summed E-state index contributed by atoms with van der Waals surface area (Å²) in [4.78, 5) is 14.5. The van der Waals surface area contributed by atoms with Crippen LogP contribution in [0.5, 0.6) is 0 Å². The van der Waals surface area contributed by atoms with Crippen molar-refractivity contribution in [3.05, 3.63) is 24.2 Å². The first kappa shape index (κ1) is 18.6. The number of carbonyl (C=O) groups excluding carboxylic acids is 1. The summed E-state index contributed by atoms with van der Waals surface area (Å²) in [5.74, 6) is 0.406. The zero-order valence-corrected chi connectivity index (χ0v) is 16.2. The van der Waals surface area contributed by atoms with E-state index >= 15 is 0 Å². The standard InChI is InChI=1S/C16H24N6O3S/c1-11(2)22-10-13(9-17-22)26(24,25)19-14-6-5-7-21(16(14)23)15-8-12(3)18-20(15)4/h8-11,14,19H,5-7H2,1-4H3/t14-/m0/s1. The van der Waals surface area contributed by atoms with Crippen LogP contribution in [0, 0.1) is 6.92 Å². The number of piperidine rings is 1. The Kier molecular flexibility index (Phi) is 4.89. The molecular weight excluding hydrogens is 356 g/mol. The van der Waals surface area contributed by atoms with Crippen LogP contribution >= 0.6 is 0 Å². The molecule has 1 saturated heterocycles. The van der Waals surface area contributed by atoms with Crippen LogP contribution < -0.4 is 9.62 Å². The van der Waals surface area contributed by atoms with Crippen LogP contribution in [0.2, 0.25) is 0 Å². The quantitative estimate of drug-likeness (QED) is 0.833. The second-order valence-corrected chi connectivity index (χ2v) is 8.54. The molecule has 3 heterocycles. The van der Waals surface area contributed by atoms with Crippen molar-refractivity contribution in [3.63, 3.8) is 0 Å². The molecule has 0 aliphatic carbocycles. The molecule has 9 nitrogen and oxygen atoms in total. The first-order chi connectivity index (χ1) is 12.2. The average Bonchev–Trinajstić information content (AvgIpc) is 3.17. The Morgan fingerprint density at radius 1 is 1.35 bits per heavy atom. The van der Waals surface area contributed by atoms with Crippen LogP contribution in [0.3, 0.4) is 0 Å². The van der Waals surface area contributed by atoms with Gasteiger partial charge in [0.05, 0.1) is 11.9 Å². The highest BCUT2D eigenvalue weighted by atomic mass is 32.2. The van der Waals surface area contributed by atoms with Gasteiger partial charge in [-0.3, -0.25) is 19.1 Å². The van der Waals surface area contributed by atoms with E-state index in [1.807, 2.05) is 26.8 Å². The van der Waals surface area contributed by atoms with Gasteiger partial charge in [-0.2, -0.15) is 14.9 Å². The lowest BCUT2D eigenvalue weighted by molar-refractivity contribution is -0.121. The molecule has 3 rings (SSSR count). The molecular formula is C16H24N6O3S. The van der Waals surface area contributed by atoms with Crippen LogP contribution in [0.4, 0.5) is 5.82 Å². The van der Waals surface area contributed by atoms with Crippen molar-refractivity contribution in [1.82, 2.24) is 24.3 Å². The molecule has 0 bridgehead atoms. The summed E-state index contributed by atoms with van der Waals surface area (Å²) in [5.41, 5.74) is 0.805. The van der Waals surface area contributed by atoms with E-state index in [1.165, 1.54) is 12.4 Å². The number of amides is 1. The van der Waals surface area contributed by atoms with Gasteiger partial charge in [-0.1, -0.05) is 0 Å². The number of hydrogen-bond donors (Lipinski definition) is 1. The summed E-state index contributed by atoms with van der Waals surface area (Å²) in [6.45, 7) is 6.22. The molecule has 10 heteroatoms. The zero-order valence-electron chi connectivity index (χ0n) is 15.4. The first-order valence-corrected chi connectivity index (χ1v) is 10.1. The third-order valence-corrected chi connectivity index (χ3v) is 5.83. The van der Waals surface area contributed by atoms with Gasteiger partial charge >= 0.3 is 0 Å². The van der Waals surface area contributed by atoms with E-state index in [4.69, 9.17) is 0 Å². The minimum Gasteiger partial charge on any atom is -0.296 e. The smallest absolute Gasteiger partial charge is 0.246 e. The van der Waals surface area contributed by atoms with E-state index in [1.54, 1.807) is 21.3 Å². The monoisotopic (exact) mass is 380 g/mol. The summed E-state index contributed by atoms with van der Waals surface area (Å²) < 4.78 is 31.0. The Labute approximate surface area is 153 Å². The van der Waals surface area contributed by atoms with Gasteiger partial charge in [-0.25, -0.2) is 8.42 Å². The van der Waals surface area contributed by atoms with Gasteiger partial charge in [0.25, 0.3) is 0 Å². The molecule has 2 aromatic rings. The van der Waals surface area contributed by atoms with Crippen LogP contribution in [0.15, 0.2) is 23.4 Å². The Morgan fingerprint density at radius 3 is 2.65 bits per heavy atom. The minimum atomic E-state index is -3.82. The number of nitrogens with zero attached hydrogens (tertiary/aromatic N) is 5. The topological polar surface area (TPSA) is 102 Å². The van der Waals surface area contributed by atoms with Gasteiger partial charge in [0.2, 0.25) is 15.9 Å². The van der Waals surface area contributed by atoms with Crippen molar-refractivity contribution in [2.75, 3.05) is 11.4 Å². The van der Waals surface area contributed by atoms with Crippen molar-refractivity contribution in [1.29, 1.82) is 0 Å². The number of aromatic nitrogens is 4. The van der Waals surface area contributed by atoms with Crippen LogP contribution in [0.1, 0.15) is 38.4 Å². The lowest BCUT2D eigenvalue weighted by Crippen LogP contribution is -2.52. The molecule has 2 aromatic heterocycles. The molecule has 1 N–H and O–H groups in total. The third-order valence-electron chi connectivity index (χ3n) is 4.41. The number of anilines is 1. The van der Waals surface area contributed by atoms with Crippen molar-refractivity contribution in [2.45, 2.75) is 50.6 Å². The largest absolute Gasteiger partial charge is 0.296 e. The number of rotatable bonds is 5. The average molecular weight is 380 g/mol. The molecule has 0 unspecified atom stereocenters. The fourth-order valence-electron chi connectivity index (χ4n) is 3.06. The maximum absolute atomic E-state index is 12.8. The predicted octanol–water partition coefficient (Wildman–Crippen LogP) is 0.980. The molecule has 0 radical (unpaired) electrons. The normalized spacial score (nSPS) is 18.7. The lowest BCUT2D eigenvalue weighted by atomic mass is 10.1. The van der Waals surface area contributed by atoms with E-state index < -0.39 is 16.1 Å². The Bertz CT molecular complexity index is 914. The molecule has 0 aromatic carbocycles. The van der Waals surface area contributed by atoms with Gasteiger partial charge < -0.3 is 0 Å². The van der Waals surface area contributed by atoms with Crippen LogP contribution in [-0.2, 0) is 21.9 Å². The van der Waals surface area contributed by atoms with Crippen molar-refractivity contribution < 1.29 is 13.2 Å². The Balaban J connectivity index is 1.80. The highest BCUT2D eigenvalue weighted by Gasteiger charge is 2.34. The van der Waals surface area contributed by atoms with E-state index in [9.17, 15) is 13.2 Å². The van der Waals surface area contributed by atoms with Crippen molar-refractivity contribution in [2.24, 2.45) is 7.05 Å². The van der Waals surface area contributed by atoms with Gasteiger partial charge in [0, 0.05) is 31.9 Å². The molecule has 0 spiro atoms. The summed E-state index contributed by atoms with van der Waals surface area (Å²) in [6.07, 6.45) is 3.94. The zero-order chi connectivity index (χ0) is 19.1. The molecule has 142 valence electrons. The van der Waals surface area contributed by atoms with E-state index in [0.717, 1.165) is 5.69 Å². The molecule has 0 saturated carbocycles. The first-order valence-electron chi connectivity index (χ1n) is 8.57. The van der Waals surface area contributed by atoms with Crippen LogP contribution in [-0.4, -0.2) is 46.5 Å². The summed E-state index contributed by atoms with van der Waals surface area (Å²) in [6, 6.07) is 1.08. The highest BCUT2D eigenvalue weighted by molar-refractivity contribution is 7.89. The van der Waals surface area contributed by atoms with Gasteiger partial charge in [-0.15, -0.1) is 0 Å². The fourth-order valence-corrected chi connectivity index (χ4v) is 4.22. The molecule has 1 aliphatic rings. The number of nitrogens with one attached hydrogen (secondary N) is 1. The van der Waals surface area contributed by atoms with Crippen molar-refractivity contribution in [3.8, 4) is 0 Å². The maximum Gasteiger partial charge on any atom is 0.246 e. The van der Waals surface area contributed by atoms with Gasteiger partial charge in [-0.05, 0) is 33.6 Å². The Hall–Kier alpha value is -2.20.